The Balaban J connectivity index is 1.40. The largest absolute Gasteiger partial charge is 0.478 e. The smallest absolute Gasteiger partial charge is 0.335 e. The van der Waals surface area contributed by atoms with Crippen LogP contribution < -0.4 is 0 Å². The predicted octanol–water partition coefficient (Wildman–Crippen LogP) is 7.41. The van der Waals surface area contributed by atoms with Gasteiger partial charge in [-0.15, -0.1) is 0 Å². The maximum atomic E-state index is 11.8. The van der Waals surface area contributed by atoms with Crippen LogP contribution in [0, 0.1) is 46.3 Å². The number of carboxylic acid groups (broad SMARTS) is 2. The van der Waals surface area contributed by atoms with Crippen LogP contribution in [0.15, 0.2) is 48.5 Å². The second-order valence-electron chi connectivity index (χ2n) is 14.4. The molecular weight excluding hydrogens is 472 g/mol. The van der Waals surface area contributed by atoms with E-state index < -0.39 is 11.9 Å². The van der Waals surface area contributed by atoms with E-state index in [4.69, 9.17) is 0 Å². The molecule has 0 heterocycles. The maximum Gasteiger partial charge on any atom is 0.335 e. The number of carbonyl (C=O) groups is 2. The number of rotatable bonds is 5. The van der Waals surface area contributed by atoms with E-state index in [9.17, 15) is 19.8 Å². The van der Waals surface area contributed by atoms with E-state index in [2.05, 4.69) is 24.3 Å². The minimum Gasteiger partial charge on any atom is -0.478 e. The highest BCUT2D eigenvalue weighted by Gasteiger charge is 2.74. The third-order valence-corrected chi connectivity index (χ3v) is 12.8. The Morgan fingerprint density at radius 2 is 0.921 bits per heavy atom. The Bertz CT molecular complexity index is 1200. The van der Waals surface area contributed by atoms with Crippen molar-refractivity contribution in [2.24, 2.45) is 46.3 Å². The van der Waals surface area contributed by atoms with Gasteiger partial charge in [-0.2, -0.15) is 0 Å². The van der Waals surface area contributed by atoms with Crippen molar-refractivity contribution in [1.82, 2.24) is 0 Å². The van der Waals surface area contributed by atoms with Gasteiger partial charge in [0.2, 0.25) is 0 Å². The van der Waals surface area contributed by atoms with Crippen molar-refractivity contribution in [1.29, 1.82) is 0 Å². The SMILES string of the molecule is O=C(O)c1ccc(C2(c3ccc(C(=O)O)cc3)C3CC4CC(C3)CC2(C23CC5CC(CC(C5)C2)C3)C4)cc1. The van der Waals surface area contributed by atoms with Crippen molar-refractivity contribution < 1.29 is 19.8 Å². The molecule has 198 valence electrons. The molecule has 0 amide bonds. The Morgan fingerprint density at radius 3 is 1.29 bits per heavy atom. The summed E-state index contributed by atoms with van der Waals surface area (Å²) in [6.07, 6.45) is 14.8. The molecule has 2 aromatic carbocycles. The number of hydrogen-bond acceptors (Lipinski definition) is 2. The molecule has 4 heteroatoms. The first-order valence-corrected chi connectivity index (χ1v) is 15.0. The fraction of sp³-hybridized carbons (Fsp3) is 0.588. The molecule has 0 spiro atoms. The van der Waals surface area contributed by atoms with Gasteiger partial charge >= 0.3 is 11.9 Å². The van der Waals surface area contributed by atoms with Crippen molar-refractivity contribution in [3.8, 4) is 0 Å². The summed E-state index contributed by atoms with van der Waals surface area (Å²) in [5.41, 5.74) is 3.56. The van der Waals surface area contributed by atoms with Crippen molar-refractivity contribution in [3.63, 3.8) is 0 Å². The summed E-state index contributed by atoms with van der Waals surface area (Å²) >= 11 is 0. The highest BCUT2D eigenvalue weighted by molar-refractivity contribution is 5.88. The molecule has 38 heavy (non-hydrogen) atoms. The predicted molar refractivity (Wildman–Crippen MR) is 144 cm³/mol. The minimum atomic E-state index is -0.878. The van der Waals surface area contributed by atoms with Gasteiger partial charge in [-0.1, -0.05) is 24.3 Å². The lowest BCUT2D eigenvalue weighted by Gasteiger charge is -2.77. The van der Waals surface area contributed by atoms with Gasteiger partial charge in [-0.3, -0.25) is 0 Å². The van der Waals surface area contributed by atoms with Gasteiger partial charge in [0.1, 0.15) is 0 Å². The number of carboxylic acids is 2. The number of benzene rings is 2. The van der Waals surface area contributed by atoms with Gasteiger partial charge in [-0.25, -0.2) is 9.59 Å². The Labute approximate surface area is 224 Å². The van der Waals surface area contributed by atoms with E-state index in [1.54, 1.807) is 0 Å². The molecular formula is C34H38O4. The van der Waals surface area contributed by atoms with Crippen LogP contribution in [0.2, 0.25) is 0 Å². The number of aromatic carboxylic acids is 2. The standard InChI is InChI=1S/C34H38O4/c35-30(36)25-1-5-27(6-2-25)34(28-7-3-26(4-8-28)31(37)38)29-13-23-12-24(14-29)19-33(34,18-23)32-15-20-9-21(16-32)11-22(10-20)17-32/h1-8,20-24,29H,9-19H2,(H,35,36)(H,37,38). The monoisotopic (exact) mass is 510 g/mol. The van der Waals surface area contributed by atoms with Crippen LogP contribution >= 0.6 is 0 Å². The Hall–Kier alpha value is -2.62. The second kappa shape index (κ2) is 7.73. The molecule has 4 nitrogen and oxygen atoms in total. The number of hydrogen-bond donors (Lipinski definition) is 2. The molecule has 10 rings (SSSR count). The maximum absolute atomic E-state index is 11.8. The van der Waals surface area contributed by atoms with Crippen molar-refractivity contribution >= 4 is 11.9 Å². The van der Waals surface area contributed by atoms with Gasteiger partial charge in [0.05, 0.1) is 11.1 Å². The lowest BCUT2D eigenvalue weighted by atomic mass is 9.27. The zero-order chi connectivity index (χ0) is 25.9. The third-order valence-electron chi connectivity index (χ3n) is 12.8. The molecule has 0 aromatic heterocycles. The average molecular weight is 511 g/mol. The summed E-state index contributed by atoms with van der Waals surface area (Å²) in [5.74, 6) is 2.97. The van der Waals surface area contributed by atoms with E-state index in [0.29, 0.717) is 22.5 Å². The lowest BCUT2D eigenvalue weighted by molar-refractivity contribution is -0.234. The summed E-state index contributed by atoms with van der Waals surface area (Å²) < 4.78 is 0. The molecule has 8 saturated carbocycles. The first-order chi connectivity index (χ1) is 18.3. The summed E-state index contributed by atoms with van der Waals surface area (Å²) in [6, 6.07) is 15.8. The van der Waals surface area contributed by atoms with Gasteiger partial charge in [0.15, 0.2) is 0 Å². The van der Waals surface area contributed by atoms with Gasteiger partial charge in [0.25, 0.3) is 0 Å². The molecule has 2 aromatic rings. The average Bonchev–Trinajstić information content (AvgIpc) is 2.88. The van der Waals surface area contributed by atoms with E-state index >= 15 is 0 Å². The van der Waals surface area contributed by atoms with Crippen LogP contribution in [0.25, 0.3) is 0 Å². The van der Waals surface area contributed by atoms with E-state index in [1.165, 1.54) is 81.8 Å². The molecule has 0 aliphatic heterocycles. The second-order valence-corrected chi connectivity index (χ2v) is 14.4. The molecule has 2 N–H and O–H groups in total. The van der Waals surface area contributed by atoms with Gasteiger partial charge < -0.3 is 10.2 Å². The molecule has 0 saturated heterocycles. The molecule has 8 bridgehead atoms. The van der Waals surface area contributed by atoms with Crippen LogP contribution in [0.1, 0.15) is 102 Å². The van der Waals surface area contributed by atoms with Crippen molar-refractivity contribution in [3.05, 3.63) is 70.8 Å². The fourth-order valence-electron chi connectivity index (χ4n) is 12.5. The van der Waals surface area contributed by atoms with Crippen LogP contribution in [-0.4, -0.2) is 22.2 Å². The van der Waals surface area contributed by atoms with Gasteiger partial charge in [-0.05, 0) is 152 Å². The van der Waals surface area contributed by atoms with E-state index in [1.807, 2.05) is 24.3 Å². The lowest BCUT2D eigenvalue weighted by Crippen LogP contribution is -2.71. The van der Waals surface area contributed by atoms with E-state index in [-0.39, 0.29) is 10.8 Å². The molecule has 2 unspecified atom stereocenters. The quantitative estimate of drug-likeness (QED) is 0.439. The van der Waals surface area contributed by atoms with Crippen LogP contribution in [-0.2, 0) is 5.41 Å². The first kappa shape index (κ1) is 23.3. The summed E-state index contributed by atoms with van der Waals surface area (Å²) in [6.45, 7) is 0. The van der Waals surface area contributed by atoms with Crippen LogP contribution in [0.4, 0.5) is 0 Å². The molecule has 8 aliphatic carbocycles. The highest BCUT2D eigenvalue weighted by Crippen LogP contribution is 2.81. The molecule has 8 aliphatic rings. The molecule has 2 atom stereocenters. The fourth-order valence-corrected chi connectivity index (χ4v) is 12.5. The minimum absolute atomic E-state index is 0.153. The zero-order valence-electron chi connectivity index (χ0n) is 22.1. The van der Waals surface area contributed by atoms with Crippen molar-refractivity contribution in [2.75, 3.05) is 0 Å². The third kappa shape index (κ3) is 2.87. The summed E-state index contributed by atoms with van der Waals surface area (Å²) in [4.78, 5) is 23.6. The zero-order valence-corrected chi connectivity index (χ0v) is 22.1. The molecule has 0 radical (unpaired) electrons. The van der Waals surface area contributed by atoms with Crippen LogP contribution in [0.3, 0.4) is 0 Å². The molecule has 8 fully saturated rings. The summed E-state index contributed by atoms with van der Waals surface area (Å²) in [7, 11) is 0. The van der Waals surface area contributed by atoms with E-state index in [0.717, 1.165) is 29.6 Å². The highest BCUT2D eigenvalue weighted by atomic mass is 16.4. The normalized spacial score (nSPS) is 41.4. The first-order valence-electron chi connectivity index (χ1n) is 15.0. The topological polar surface area (TPSA) is 74.6 Å². The van der Waals surface area contributed by atoms with Crippen LogP contribution in [0.5, 0.6) is 0 Å². The summed E-state index contributed by atoms with van der Waals surface area (Å²) in [5, 5.41) is 19.4. The van der Waals surface area contributed by atoms with Gasteiger partial charge in [0, 0.05) is 5.41 Å². The Kier molecular flexibility index (Phi) is 4.74. The Morgan fingerprint density at radius 1 is 0.553 bits per heavy atom. The van der Waals surface area contributed by atoms with Crippen molar-refractivity contribution in [2.45, 2.75) is 76.0 Å².